The molecule has 0 saturated carbocycles. The van der Waals surface area contributed by atoms with Crippen LogP contribution in [0, 0.1) is 0 Å². The smallest absolute Gasteiger partial charge is 0.236 e. The Hall–Kier alpha value is -5.58. The topological polar surface area (TPSA) is 30.7 Å². The molecule has 204 valence electrons. The van der Waals surface area contributed by atoms with Gasteiger partial charge in [-0.25, -0.2) is 9.97 Å². The van der Waals surface area contributed by atoms with Gasteiger partial charge in [0.1, 0.15) is 4.83 Å². The van der Waals surface area contributed by atoms with E-state index < -0.39 is 0 Å². The Bertz CT molecular complexity index is 2690. The molecule has 4 heteroatoms. The van der Waals surface area contributed by atoms with Crippen molar-refractivity contribution < 1.29 is 0 Å². The molecule has 0 radical (unpaired) electrons. The van der Waals surface area contributed by atoms with E-state index in [9.17, 15) is 0 Å². The van der Waals surface area contributed by atoms with E-state index in [1.54, 1.807) is 11.3 Å². The highest BCUT2D eigenvalue weighted by molar-refractivity contribution is 7.25. The summed E-state index contributed by atoms with van der Waals surface area (Å²) in [6.07, 6.45) is 0. The van der Waals surface area contributed by atoms with Gasteiger partial charge in [-0.15, -0.1) is 11.3 Å². The lowest BCUT2D eigenvalue weighted by molar-refractivity contribution is 1.02. The SMILES string of the molecule is c1ccc2cc(-c3nc(-n4c5ccc6ccccc6c5c5c6ccccc6ccc54)nc4sc5ccccc5c34)ccc2c1. The van der Waals surface area contributed by atoms with Crippen LogP contribution in [0.1, 0.15) is 0 Å². The zero-order chi connectivity index (χ0) is 28.8. The quantitative estimate of drug-likeness (QED) is 0.205. The number of rotatable bonds is 2. The number of benzene rings is 7. The Morgan fingerprint density at radius 1 is 0.455 bits per heavy atom. The van der Waals surface area contributed by atoms with Crippen molar-refractivity contribution in [3.05, 3.63) is 140 Å². The van der Waals surface area contributed by atoms with Crippen LogP contribution in [0.15, 0.2) is 140 Å². The molecule has 0 saturated heterocycles. The van der Waals surface area contributed by atoms with Crippen LogP contribution in [0.5, 0.6) is 0 Å². The summed E-state index contributed by atoms with van der Waals surface area (Å²) in [6.45, 7) is 0. The van der Waals surface area contributed by atoms with Crippen LogP contribution in [-0.4, -0.2) is 14.5 Å². The molecule has 44 heavy (non-hydrogen) atoms. The third-order valence-corrected chi connectivity index (χ3v) is 10.1. The Morgan fingerprint density at radius 2 is 1.02 bits per heavy atom. The Balaban J connectivity index is 1.38. The zero-order valence-electron chi connectivity index (χ0n) is 23.5. The van der Waals surface area contributed by atoms with E-state index in [0.29, 0.717) is 5.95 Å². The van der Waals surface area contributed by atoms with Gasteiger partial charge in [0.15, 0.2) is 0 Å². The van der Waals surface area contributed by atoms with Gasteiger partial charge in [0.2, 0.25) is 5.95 Å². The monoisotopic (exact) mass is 577 g/mol. The third-order valence-electron chi connectivity index (χ3n) is 9.00. The number of thiophene rings is 1. The van der Waals surface area contributed by atoms with Gasteiger partial charge >= 0.3 is 0 Å². The molecule has 0 spiro atoms. The second kappa shape index (κ2) is 8.96. The van der Waals surface area contributed by atoms with E-state index in [2.05, 4.69) is 144 Å². The molecule has 0 N–H and O–H groups in total. The maximum atomic E-state index is 5.46. The van der Waals surface area contributed by atoms with Crippen molar-refractivity contribution in [2.45, 2.75) is 0 Å². The third kappa shape index (κ3) is 3.31. The van der Waals surface area contributed by atoms with E-state index in [1.807, 2.05) is 0 Å². The highest BCUT2D eigenvalue weighted by atomic mass is 32.1. The minimum atomic E-state index is 0.692. The highest BCUT2D eigenvalue weighted by Crippen LogP contribution is 2.43. The average Bonchev–Trinajstić information content (AvgIpc) is 3.64. The lowest BCUT2D eigenvalue weighted by Crippen LogP contribution is -2.02. The molecule has 3 heterocycles. The summed E-state index contributed by atoms with van der Waals surface area (Å²) < 4.78 is 3.49. The maximum Gasteiger partial charge on any atom is 0.236 e. The number of aromatic nitrogens is 3. The molecule has 0 atom stereocenters. The van der Waals surface area contributed by atoms with E-state index >= 15 is 0 Å². The van der Waals surface area contributed by atoms with Crippen molar-refractivity contribution in [2.75, 3.05) is 0 Å². The number of nitrogens with zero attached hydrogens (tertiary/aromatic N) is 3. The molecule has 7 aromatic carbocycles. The summed E-state index contributed by atoms with van der Waals surface area (Å²) in [5.74, 6) is 0.692. The number of fused-ring (bicyclic) bond motifs is 11. The van der Waals surface area contributed by atoms with Gasteiger partial charge in [0, 0.05) is 31.8 Å². The molecular weight excluding hydrogens is 555 g/mol. The average molecular weight is 578 g/mol. The largest absolute Gasteiger partial charge is 0.278 e. The lowest BCUT2D eigenvalue weighted by Gasteiger charge is -2.11. The molecule has 0 aliphatic heterocycles. The van der Waals surface area contributed by atoms with Gasteiger partial charge in [-0.1, -0.05) is 115 Å². The minimum absolute atomic E-state index is 0.692. The van der Waals surface area contributed by atoms with Gasteiger partial charge in [0.25, 0.3) is 0 Å². The predicted octanol–water partition coefficient (Wildman–Crippen LogP) is 11.1. The Morgan fingerprint density at radius 3 is 1.73 bits per heavy atom. The first-order valence-electron chi connectivity index (χ1n) is 14.8. The molecule has 0 aliphatic rings. The van der Waals surface area contributed by atoms with Crippen molar-refractivity contribution in [3.63, 3.8) is 0 Å². The Labute approximate surface area is 256 Å². The molecule has 3 aromatic heterocycles. The van der Waals surface area contributed by atoms with Crippen molar-refractivity contribution in [3.8, 4) is 17.2 Å². The van der Waals surface area contributed by atoms with Crippen LogP contribution in [0.25, 0.3) is 91.6 Å². The van der Waals surface area contributed by atoms with E-state index in [4.69, 9.17) is 9.97 Å². The molecule has 0 aliphatic carbocycles. The fourth-order valence-corrected chi connectivity index (χ4v) is 8.09. The van der Waals surface area contributed by atoms with Crippen LogP contribution < -0.4 is 0 Å². The van der Waals surface area contributed by atoms with E-state index in [1.165, 1.54) is 53.2 Å². The first-order chi connectivity index (χ1) is 21.8. The van der Waals surface area contributed by atoms with Crippen molar-refractivity contribution in [1.82, 2.24) is 14.5 Å². The fraction of sp³-hybridized carbons (Fsp3) is 0. The van der Waals surface area contributed by atoms with Crippen LogP contribution in [0.3, 0.4) is 0 Å². The van der Waals surface area contributed by atoms with Crippen LogP contribution in [0.4, 0.5) is 0 Å². The fourth-order valence-electron chi connectivity index (χ4n) is 7.02. The van der Waals surface area contributed by atoms with Crippen molar-refractivity contribution in [1.29, 1.82) is 0 Å². The molecular formula is C40H23N3S. The summed E-state index contributed by atoms with van der Waals surface area (Å²) in [7, 11) is 0. The molecule has 10 rings (SSSR count). The van der Waals surface area contributed by atoms with Gasteiger partial charge in [0.05, 0.1) is 16.7 Å². The molecule has 0 unspecified atom stereocenters. The predicted molar refractivity (Wildman–Crippen MR) is 187 cm³/mol. The normalized spacial score (nSPS) is 12.1. The Kier molecular flexibility index (Phi) is 4.87. The molecule has 0 amide bonds. The summed E-state index contributed by atoms with van der Waals surface area (Å²) >= 11 is 1.74. The molecule has 10 aromatic rings. The summed E-state index contributed by atoms with van der Waals surface area (Å²) in [5, 5.41) is 12.1. The highest BCUT2D eigenvalue weighted by Gasteiger charge is 2.22. The second-order valence-corrected chi connectivity index (χ2v) is 12.4. The standard InChI is InChI=1S/C40H23N3S/c1-2-12-27-23-28(18-17-24(27)9-1)38-37-31-15-7-8-16-34(31)44-39(37)42-40(41-38)43-32-21-19-25-10-3-5-13-29(25)35(32)36-30-14-6-4-11-26(30)20-22-33(36)43/h1-23H. The van der Waals surface area contributed by atoms with Crippen LogP contribution in [-0.2, 0) is 0 Å². The summed E-state index contributed by atoms with van der Waals surface area (Å²) in [4.78, 5) is 11.8. The van der Waals surface area contributed by atoms with Gasteiger partial charge in [-0.3, -0.25) is 4.57 Å². The van der Waals surface area contributed by atoms with Crippen molar-refractivity contribution in [2.24, 2.45) is 0 Å². The maximum absolute atomic E-state index is 5.46. The number of hydrogen-bond donors (Lipinski definition) is 0. The first-order valence-corrected chi connectivity index (χ1v) is 15.7. The number of hydrogen-bond acceptors (Lipinski definition) is 3. The summed E-state index contributed by atoms with van der Waals surface area (Å²) in [6, 6.07) is 50.0. The minimum Gasteiger partial charge on any atom is -0.278 e. The van der Waals surface area contributed by atoms with Gasteiger partial charge < -0.3 is 0 Å². The van der Waals surface area contributed by atoms with E-state index in [-0.39, 0.29) is 0 Å². The van der Waals surface area contributed by atoms with E-state index in [0.717, 1.165) is 32.5 Å². The van der Waals surface area contributed by atoms with Crippen molar-refractivity contribution >= 4 is 85.8 Å². The van der Waals surface area contributed by atoms with Gasteiger partial charge in [-0.05, 0) is 56.6 Å². The molecule has 0 fully saturated rings. The summed E-state index contributed by atoms with van der Waals surface area (Å²) in [5.41, 5.74) is 4.28. The second-order valence-electron chi connectivity index (χ2n) is 11.4. The molecule has 3 nitrogen and oxygen atoms in total. The molecule has 0 bridgehead atoms. The first kappa shape index (κ1) is 23.9. The lowest BCUT2D eigenvalue weighted by atomic mass is 10.00. The van der Waals surface area contributed by atoms with Gasteiger partial charge in [-0.2, -0.15) is 0 Å². The zero-order valence-corrected chi connectivity index (χ0v) is 24.3. The van der Waals surface area contributed by atoms with Crippen LogP contribution >= 0.6 is 11.3 Å². The van der Waals surface area contributed by atoms with Crippen LogP contribution in [0.2, 0.25) is 0 Å².